The predicted octanol–water partition coefficient (Wildman–Crippen LogP) is 4.75. The van der Waals surface area contributed by atoms with Crippen molar-refractivity contribution in [1.82, 2.24) is 19.7 Å². The van der Waals surface area contributed by atoms with Crippen LogP contribution in [0.25, 0.3) is 10.7 Å². The summed E-state index contributed by atoms with van der Waals surface area (Å²) in [5.74, 6) is 1.16. The van der Waals surface area contributed by atoms with Crippen molar-refractivity contribution in [3.63, 3.8) is 0 Å². The van der Waals surface area contributed by atoms with Gasteiger partial charge in [0, 0.05) is 6.54 Å². The van der Waals surface area contributed by atoms with E-state index in [0.29, 0.717) is 28.2 Å². The molecule has 0 radical (unpaired) electrons. The highest BCUT2D eigenvalue weighted by Gasteiger charge is 2.29. The first kappa shape index (κ1) is 17.3. The second-order valence-corrected chi connectivity index (χ2v) is 8.42. The highest BCUT2D eigenvalue weighted by Crippen LogP contribution is 2.43. The van der Waals surface area contributed by atoms with E-state index in [4.69, 9.17) is 12.2 Å². The summed E-state index contributed by atoms with van der Waals surface area (Å²) >= 11 is 8.15. The minimum absolute atomic E-state index is 0.0906. The van der Waals surface area contributed by atoms with Gasteiger partial charge >= 0.3 is 0 Å². The van der Waals surface area contributed by atoms with E-state index in [9.17, 15) is 4.79 Å². The molecule has 0 saturated heterocycles. The van der Waals surface area contributed by atoms with Gasteiger partial charge in [-0.3, -0.25) is 19.8 Å². The van der Waals surface area contributed by atoms with Crippen LogP contribution in [0.4, 0.5) is 5.13 Å². The van der Waals surface area contributed by atoms with Crippen LogP contribution in [0.15, 0.2) is 24.1 Å². The SMILES string of the molecule is C=CCn1c(-c2sc(NC(=O)c3sccc3C3CC3)nc2C)n[nH]c1=S. The highest BCUT2D eigenvalue weighted by molar-refractivity contribution is 7.71. The number of aromatic amines is 1. The van der Waals surface area contributed by atoms with Crippen LogP contribution in [0.2, 0.25) is 0 Å². The number of nitrogens with zero attached hydrogens (tertiary/aromatic N) is 3. The Labute approximate surface area is 163 Å². The first-order chi connectivity index (χ1) is 12.6. The number of rotatable bonds is 6. The fourth-order valence-corrected chi connectivity index (χ4v) is 4.87. The molecule has 3 heterocycles. The molecule has 1 aliphatic rings. The van der Waals surface area contributed by atoms with Crippen molar-refractivity contribution < 1.29 is 4.79 Å². The summed E-state index contributed by atoms with van der Waals surface area (Å²) in [6.45, 7) is 6.22. The summed E-state index contributed by atoms with van der Waals surface area (Å²) in [4.78, 5) is 18.8. The number of hydrogen-bond acceptors (Lipinski definition) is 6. The monoisotopic (exact) mass is 403 g/mol. The zero-order chi connectivity index (χ0) is 18.3. The molecule has 2 N–H and O–H groups in total. The lowest BCUT2D eigenvalue weighted by molar-refractivity contribution is 0.102. The Morgan fingerprint density at radius 3 is 3.12 bits per heavy atom. The van der Waals surface area contributed by atoms with Crippen LogP contribution in [0.3, 0.4) is 0 Å². The smallest absolute Gasteiger partial charge is 0.267 e. The fourth-order valence-electron chi connectivity index (χ4n) is 2.82. The van der Waals surface area contributed by atoms with Gasteiger partial charge in [-0.25, -0.2) is 4.98 Å². The predicted molar refractivity (Wildman–Crippen MR) is 108 cm³/mol. The molecule has 6 nitrogen and oxygen atoms in total. The van der Waals surface area contributed by atoms with Crippen molar-refractivity contribution in [3.05, 3.63) is 45.0 Å². The van der Waals surface area contributed by atoms with Crippen LogP contribution < -0.4 is 5.32 Å². The number of anilines is 1. The van der Waals surface area contributed by atoms with Crippen LogP contribution in [-0.2, 0) is 6.54 Å². The fraction of sp³-hybridized carbons (Fsp3) is 0.294. The maximum atomic E-state index is 12.7. The van der Waals surface area contributed by atoms with Gasteiger partial charge in [-0.15, -0.1) is 17.9 Å². The largest absolute Gasteiger partial charge is 0.297 e. The third kappa shape index (κ3) is 3.17. The van der Waals surface area contributed by atoms with E-state index in [1.165, 1.54) is 35.5 Å². The van der Waals surface area contributed by atoms with Crippen molar-refractivity contribution in [2.45, 2.75) is 32.2 Å². The second kappa shape index (κ2) is 6.90. The third-order valence-corrected chi connectivity index (χ3v) is 6.52. The standard InChI is InChI=1S/C17H17N5OS3/c1-3-7-22-14(20-21-17(22)24)12-9(2)18-16(26-12)19-15(23)13-11(6-8-25-13)10-4-5-10/h3,6,8,10H,1,4-5,7H2,2H3,(H,21,24)(H,18,19,23). The average molecular weight is 404 g/mol. The number of aryl methyl sites for hydroxylation is 1. The molecule has 0 spiro atoms. The summed E-state index contributed by atoms with van der Waals surface area (Å²) in [6.07, 6.45) is 4.11. The number of H-pyrrole nitrogens is 1. The molecule has 0 atom stereocenters. The van der Waals surface area contributed by atoms with Gasteiger partial charge in [0.2, 0.25) is 0 Å². The Hall–Kier alpha value is -2.10. The van der Waals surface area contributed by atoms with Crippen molar-refractivity contribution in [2.75, 3.05) is 5.32 Å². The molecule has 3 aromatic heterocycles. The summed E-state index contributed by atoms with van der Waals surface area (Å²) in [7, 11) is 0. The Morgan fingerprint density at radius 2 is 2.38 bits per heavy atom. The normalized spacial score (nSPS) is 13.7. The topological polar surface area (TPSA) is 75.6 Å². The number of nitrogens with one attached hydrogen (secondary N) is 2. The van der Waals surface area contributed by atoms with Crippen LogP contribution in [-0.4, -0.2) is 25.7 Å². The quantitative estimate of drug-likeness (QED) is 0.460. The summed E-state index contributed by atoms with van der Waals surface area (Å²) in [5, 5.41) is 12.6. The lowest BCUT2D eigenvalue weighted by atomic mass is 10.1. The van der Waals surface area contributed by atoms with Crippen LogP contribution in [0, 0.1) is 11.7 Å². The number of hydrogen-bond donors (Lipinski definition) is 2. The molecule has 1 amide bonds. The average Bonchev–Trinajstić information content (AvgIpc) is 3.05. The van der Waals surface area contributed by atoms with Gasteiger partial charge in [0.1, 0.15) is 0 Å². The molecular weight excluding hydrogens is 386 g/mol. The van der Waals surface area contributed by atoms with E-state index in [0.717, 1.165) is 21.0 Å². The number of carbonyl (C=O) groups excluding carboxylic acids is 1. The Morgan fingerprint density at radius 1 is 1.58 bits per heavy atom. The van der Waals surface area contributed by atoms with Gasteiger partial charge in [0.25, 0.3) is 5.91 Å². The summed E-state index contributed by atoms with van der Waals surface area (Å²) in [6, 6.07) is 2.06. The number of thiophene rings is 1. The van der Waals surface area contributed by atoms with E-state index < -0.39 is 0 Å². The van der Waals surface area contributed by atoms with Crippen molar-refractivity contribution >= 4 is 45.9 Å². The van der Waals surface area contributed by atoms with E-state index in [2.05, 4.69) is 33.1 Å². The molecule has 26 heavy (non-hydrogen) atoms. The van der Waals surface area contributed by atoms with Crippen molar-refractivity contribution in [3.8, 4) is 10.7 Å². The zero-order valence-electron chi connectivity index (χ0n) is 14.1. The van der Waals surface area contributed by atoms with Crippen LogP contribution in [0.5, 0.6) is 0 Å². The second-order valence-electron chi connectivity index (χ2n) is 6.12. The molecule has 1 aliphatic carbocycles. The maximum absolute atomic E-state index is 12.7. The zero-order valence-corrected chi connectivity index (χ0v) is 16.6. The van der Waals surface area contributed by atoms with Crippen LogP contribution >= 0.6 is 34.9 Å². The number of aromatic nitrogens is 4. The number of allylic oxidation sites excluding steroid dienone is 1. The molecule has 1 fully saturated rings. The Kier molecular flexibility index (Phi) is 4.60. The van der Waals surface area contributed by atoms with Crippen molar-refractivity contribution in [2.24, 2.45) is 0 Å². The van der Waals surface area contributed by atoms with Gasteiger partial charge < -0.3 is 0 Å². The highest BCUT2D eigenvalue weighted by atomic mass is 32.1. The molecule has 0 aliphatic heterocycles. The van der Waals surface area contributed by atoms with Gasteiger partial charge in [0.15, 0.2) is 15.7 Å². The lowest BCUT2D eigenvalue weighted by Crippen LogP contribution is -2.11. The van der Waals surface area contributed by atoms with E-state index in [1.807, 2.05) is 16.9 Å². The Balaban J connectivity index is 1.61. The number of thiazole rings is 1. The lowest BCUT2D eigenvalue weighted by Gasteiger charge is -2.02. The van der Waals surface area contributed by atoms with E-state index in [-0.39, 0.29) is 5.91 Å². The summed E-state index contributed by atoms with van der Waals surface area (Å²) < 4.78 is 2.39. The van der Waals surface area contributed by atoms with E-state index >= 15 is 0 Å². The molecule has 0 bridgehead atoms. The molecule has 3 aromatic rings. The minimum atomic E-state index is -0.0906. The molecule has 1 saturated carbocycles. The summed E-state index contributed by atoms with van der Waals surface area (Å²) in [5.41, 5.74) is 1.96. The molecule has 4 rings (SSSR count). The van der Waals surface area contributed by atoms with Gasteiger partial charge in [-0.2, -0.15) is 5.10 Å². The van der Waals surface area contributed by atoms with Gasteiger partial charge in [0.05, 0.1) is 15.4 Å². The first-order valence-corrected chi connectivity index (χ1v) is 10.3. The van der Waals surface area contributed by atoms with Crippen molar-refractivity contribution in [1.29, 1.82) is 0 Å². The van der Waals surface area contributed by atoms with Gasteiger partial charge in [-0.1, -0.05) is 17.4 Å². The number of amides is 1. The molecule has 134 valence electrons. The van der Waals surface area contributed by atoms with Gasteiger partial charge in [-0.05, 0) is 54.9 Å². The number of carbonyl (C=O) groups is 1. The maximum Gasteiger partial charge on any atom is 0.267 e. The molecular formula is C17H17N5OS3. The van der Waals surface area contributed by atoms with Crippen LogP contribution in [0.1, 0.15) is 39.7 Å². The molecule has 0 unspecified atom stereocenters. The third-order valence-electron chi connectivity index (χ3n) is 4.21. The Bertz CT molecular complexity index is 1040. The van der Waals surface area contributed by atoms with E-state index in [1.54, 1.807) is 6.08 Å². The molecule has 0 aromatic carbocycles. The molecule has 9 heteroatoms. The first-order valence-electron chi connectivity index (χ1n) is 8.21. The minimum Gasteiger partial charge on any atom is -0.297 e.